The molecule has 0 saturated heterocycles. The quantitative estimate of drug-likeness (QED) is 0.318. The number of oxime groups is 1. The molecule has 0 spiro atoms. The zero-order chi connectivity index (χ0) is 13.7. The molecule has 1 aliphatic rings. The van der Waals surface area contributed by atoms with Crippen molar-refractivity contribution in [2.75, 3.05) is 13.1 Å². The van der Waals surface area contributed by atoms with Gasteiger partial charge >= 0.3 is 0 Å². The second kappa shape index (κ2) is 6.06. The van der Waals surface area contributed by atoms with E-state index in [-0.39, 0.29) is 11.8 Å². The van der Waals surface area contributed by atoms with E-state index < -0.39 is 0 Å². The molecule has 0 bridgehead atoms. The topological polar surface area (TPSA) is 70.6 Å². The van der Waals surface area contributed by atoms with Crippen molar-refractivity contribution < 1.29 is 5.21 Å². The smallest absolute Gasteiger partial charge is 0.147 e. The summed E-state index contributed by atoms with van der Waals surface area (Å²) in [5, 5.41) is 15.6. The molecule has 1 saturated carbocycles. The molecule has 1 aromatic carbocycles. The summed E-state index contributed by atoms with van der Waals surface area (Å²) < 4.78 is 0. The molecule has 0 radical (unpaired) electrons. The highest BCUT2D eigenvalue weighted by Crippen LogP contribution is 2.39. The van der Waals surface area contributed by atoms with Gasteiger partial charge in [-0.2, -0.15) is 0 Å². The summed E-state index contributed by atoms with van der Waals surface area (Å²) in [6.07, 6.45) is 3.92. The second-order valence-corrected chi connectivity index (χ2v) is 5.78. The van der Waals surface area contributed by atoms with E-state index in [0.29, 0.717) is 12.0 Å². The van der Waals surface area contributed by atoms with Crippen LogP contribution in [0.3, 0.4) is 0 Å². The number of benzene rings is 1. The Morgan fingerprint density at radius 1 is 1.42 bits per heavy atom. The molecule has 4 N–H and O–H groups in total. The highest BCUT2D eigenvalue weighted by molar-refractivity contribution is 5.87. The fourth-order valence-electron chi connectivity index (χ4n) is 2.62. The lowest BCUT2D eigenvalue weighted by Crippen LogP contribution is -2.40. The van der Waals surface area contributed by atoms with Crippen molar-refractivity contribution in [3.05, 3.63) is 35.9 Å². The van der Waals surface area contributed by atoms with E-state index in [2.05, 4.69) is 17.4 Å². The first-order chi connectivity index (χ1) is 9.14. The minimum Gasteiger partial charge on any atom is -0.409 e. The van der Waals surface area contributed by atoms with Crippen LogP contribution in [0.1, 0.15) is 37.7 Å². The van der Waals surface area contributed by atoms with Crippen LogP contribution in [0.25, 0.3) is 0 Å². The Hall–Kier alpha value is -1.55. The lowest BCUT2D eigenvalue weighted by molar-refractivity contribution is 0.157. The fourth-order valence-corrected chi connectivity index (χ4v) is 2.62. The molecule has 0 amide bonds. The van der Waals surface area contributed by atoms with Crippen LogP contribution in [0.4, 0.5) is 0 Å². The zero-order valence-corrected chi connectivity index (χ0v) is 11.5. The van der Waals surface area contributed by atoms with Gasteiger partial charge in [0.1, 0.15) is 5.84 Å². The van der Waals surface area contributed by atoms with E-state index >= 15 is 0 Å². The third-order valence-corrected chi connectivity index (χ3v) is 4.14. The average molecular weight is 261 g/mol. The first kappa shape index (κ1) is 13.9. The average Bonchev–Trinajstić information content (AvgIpc) is 2.42. The summed E-state index contributed by atoms with van der Waals surface area (Å²) >= 11 is 0. The van der Waals surface area contributed by atoms with E-state index in [0.717, 1.165) is 12.1 Å². The summed E-state index contributed by atoms with van der Waals surface area (Å²) in [6.45, 7) is 4.01. The van der Waals surface area contributed by atoms with Crippen molar-refractivity contribution in [1.82, 2.24) is 5.32 Å². The summed E-state index contributed by atoms with van der Waals surface area (Å²) in [5.41, 5.74) is 7.32. The normalized spacial score (nSPS) is 19.7. The lowest BCUT2D eigenvalue weighted by atomic mass is 9.70. The summed E-state index contributed by atoms with van der Waals surface area (Å²) in [7, 11) is 0. The number of hydrogen-bond acceptors (Lipinski definition) is 3. The van der Waals surface area contributed by atoms with E-state index in [4.69, 9.17) is 10.9 Å². The van der Waals surface area contributed by atoms with Crippen LogP contribution in [0.5, 0.6) is 0 Å². The molecular formula is C15H23N3O. The van der Waals surface area contributed by atoms with Crippen molar-refractivity contribution in [3.8, 4) is 0 Å². The van der Waals surface area contributed by atoms with E-state index in [1.165, 1.54) is 19.3 Å². The molecular weight excluding hydrogens is 238 g/mol. The van der Waals surface area contributed by atoms with Crippen LogP contribution in [-0.4, -0.2) is 24.1 Å². The minimum absolute atomic E-state index is 0.0742. The first-order valence-corrected chi connectivity index (χ1v) is 6.88. The van der Waals surface area contributed by atoms with Crippen LogP contribution in [0, 0.1) is 5.41 Å². The van der Waals surface area contributed by atoms with Crippen molar-refractivity contribution in [2.24, 2.45) is 16.3 Å². The number of nitrogens with two attached hydrogens (primary N) is 1. The Morgan fingerprint density at radius 2 is 2.11 bits per heavy atom. The highest BCUT2D eigenvalue weighted by atomic mass is 16.4. The van der Waals surface area contributed by atoms with E-state index in [1.54, 1.807) is 0 Å². The van der Waals surface area contributed by atoms with Gasteiger partial charge in [-0.1, -0.05) is 48.8 Å². The van der Waals surface area contributed by atoms with Crippen molar-refractivity contribution >= 4 is 5.84 Å². The predicted molar refractivity (Wildman–Crippen MR) is 77.4 cm³/mol. The monoisotopic (exact) mass is 261 g/mol. The number of nitrogens with one attached hydrogen (secondary N) is 1. The summed E-state index contributed by atoms with van der Waals surface area (Å²) in [4.78, 5) is 0. The maximum Gasteiger partial charge on any atom is 0.147 e. The molecule has 0 aliphatic heterocycles. The fraction of sp³-hybridized carbons (Fsp3) is 0.533. The molecule has 1 aliphatic carbocycles. The largest absolute Gasteiger partial charge is 0.409 e. The van der Waals surface area contributed by atoms with Crippen molar-refractivity contribution in [3.63, 3.8) is 0 Å². The molecule has 1 atom stereocenters. The van der Waals surface area contributed by atoms with Crippen molar-refractivity contribution in [1.29, 1.82) is 0 Å². The highest BCUT2D eigenvalue weighted by Gasteiger charge is 2.31. The van der Waals surface area contributed by atoms with Gasteiger partial charge in [-0.15, -0.1) is 0 Å². The molecule has 19 heavy (non-hydrogen) atoms. The molecule has 104 valence electrons. The number of nitrogens with zero attached hydrogens (tertiary/aromatic N) is 1. The van der Waals surface area contributed by atoms with Crippen LogP contribution in [-0.2, 0) is 0 Å². The van der Waals surface area contributed by atoms with Crippen LogP contribution in [0.15, 0.2) is 35.5 Å². The molecule has 4 heteroatoms. The van der Waals surface area contributed by atoms with E-state index in [9.17, 15) is 0 Å². The Kier molecular flexibility index (Phi) is 4.43. The molecule has 0 heterocycles. The van der Waals surface area contributed by atoms with Gasteiger partial charge in [0.15, 0.2) is 0 Å². The van der Waals surface area contributed by atoms with Gasteiger partial charge in [0, 0.05) is 13.1 Å². The van der Waals surface area contributed by atoms with Crippen molar-refractivity contribution in [2.45, 2.75) is 32.1 Å². The maximum absolute atomic E-state index is 8.92. The second-order valence-electron chi connectivity index (χ2n) is 5.78. The molecule has 2 rings (SSSR count). The van der Waals surface area contributed by atoms with Gasteiger partial charge in [0.2, 0.25) is 0 Å². The van der Waals surface area contributed by atoms with E-state index in [1.807, 2.05) is 30.3 Å². The molecule has 0 aromatic heterocycles. The van der Waals surface area contributed by atoms with Gasteiger partial charge in [0.05, 0.1) is 5.92 Å². The maximum atomic E-state index is 8.92. The third-order valence-electron chi connectivity index (χ3n) is 4.14. The Bertz CT molecular complexity index is 426. The van der Waals surface area contributed by atoms with Gasteiger partial charge in [-0.3, -0.25) is 0 Å². The van der Waals surface area contributed by atoms with Crippen LogP contribution in [0.2, 0.25) is 0 Å². The minimum atomic E-state index is -0.0742. The number of hydrogen-bond donors (Lipinski definition) is 3. The Labute approximate surface area is 114 Å². The van der Waals surface area contributed by atoms with Crippen LogP contribution < -0.4 is 11.1 Å². The Morgan fingerprint density at radius 3 is 2.63 bits per heavy atom. The Balaban J connectivity index is 1.95. The lowest BCUT2D eigenvalue weighted by Gasteiger charge is -2.39. The predicted octanol–water partition coefficient (Wildman–Crippen LogP) is 2.30. The first-order valence-electron chi connectivity index (χ1n) is 6.88. The molecule has 1 unspecified atom stereocenters. The summed E-state index contributed by atoms with van der Waals surface area (Å²) in [5.74, 6) is 0.187. The molecule has 4 nitrogen and oxygen atoms in total. The van der Waals surface area contributed by atoms with Crippen LogP contribution >= 0.6 is 0 Å². The SMILES string of the molecule is CC1(CNCC(/C(N)=N/O)c2ccccc2)CCC1. The zero-order valence-electron chi connectivity index (χ0n) is 11.5. The van der Waals surface area contributed by atoms with Gasteiger partial charge in [-0.25, -0.2) is 0 Å². The number of rotatable bonds is 6. The van der Waals surface area contributed by atoms with Gasteiger partial charge in [0.25, 0.3) is 0 Å². The molecule has 1 fully saturated rings. The number of amidine groups is 1. The van der Waals surface area contributed by atoms with Gasteiger partial charge < -0.3 is 16.3 Å². The van der Waals surface area contributed by atoms with Gasteiger partial charge in [-0.05, 0) is 23.8 Å². The third kappa shape index (κ3) is 3.47. The summed E-state index contributed by atoms with van der Waals surface area (Å²) in [6, 6.07) is 9.93. The molecule has 1 aromatic rings. The standard InChI is InChI=1S/C15H23N3O/c1-15(8-5-9-15)11-17-10-13(14(16)18-19)12-6-3-2-4-7-12/h2-4,6-7,13,17,19H,5,8-11H2,1H3,(H2,16,18).